The summed E-state index contributed by atoms with van der Waals surface area (Å²) in [4.78, 5) is 12.0. The molecule has 0 spiro atoms. The van der Waals surface area contributed by atoms with Crippen LogP contribution in [0.3, 0.4) is 0 Å². The van der Waals surface area contributed by atoms with Crippen molar-refractivity contribution in [1.29, 1.82) is 0 Å². The molecule has 7 nitrogen and oxygen atoms in total. The van der Waals surface area contributed by atoms with Crippen LogP contribution in [0.15, 0.2) is 34.9 Å². The second kappa shape index (κ2) is 12.9. The Bertz CT molecular complexity index is 689. The molecule has 0 aromatic heterocycles. The van der Waals surface area contributed by atoms with Crippen LogP contribution >= 0.6 is 0 Å². The number of rotatable bonds is 12. The van der Waals surface area contributed by atoms with E-state index in [0.29, 0.717) is 6.42 Å². The Balaban J connectivity index is 2.26. The first kappa shape index (κ1) is 24.6. The smallest absolute Gasteiger partial charge is 0.416 e. The van der Waals surface area contributed by atoms with Gasteiger partial charge in [0.2, 0.25) is 0 Å². The summed E-state index contributed by atoms with van der Waals surface area (Å²) < 4.78 is 34.8. The number of carbonyl (C=O) groups excluding carboxylic acids is 1. The number of hydrogen-bond acceptors (Lipinski definition) is 7. The van der Waals surface area contributed by atoms with Gasteiger partial charge >= 0.3 is 16.4 Å². The summed E-state index contributed by atoms with van der Waals surface area (Å²) in [6, 6.07) is 0. The molecule has 0 saturated carbocycles. The molecule has 2 N–H and O–H groups in total. The van der Waals surface area contributed by atoms with Crippen LogP contribution in [0.1, 0.15) is 65.7 Å². The highest BCUT2D eigenvalue weighted by Crippen LogP contribution is 2.27. The third kappa shape index (κ3) is 10.8. The highest BCUT2D eigenvalue weighted by Gasteiger charge is 2.23. The lowest BCUT2D eigenvalue weighted by Crippen LogP contribution is -2.23. The molecule has 0 heterocycles. The Morgan fingerprint density at radius 1 is 1.21 bits per heavy atom. The number of carbonyl (C=O) groups is 1. The fourth-order valence-corrected chi connectivity index (χ4v) is 3.28. The zero-order chi connectivity index (χ0) is 21.0. The second-order valence-electron chi connectivity index (χ2n) is 7.24. The van der Waals surface area contributed by atoms with Crippen LogP contribution < -0.4 is 5.90 Å². The third-order valence-corrected chi connectivity index (χ3v) is 5.25. The zero-order valence-corrected chi connectivity index (χ0v) is 17.9. The van der Waals surface area contributed by atoms with Gasteiger partial charge in [0.15, 0.2) is 0 Å². The Labute approximate surface area is 168 Å². The topological polar surface area (TPSA) is 105 Å². The van der Waals surface area contributed by atoms with E-state index in [1.54, 1.807) is 0 Å². The van der Waals surface area contributed by atoms with Gasteiger partial charge in [0.1, 0.15) is 13.2 Å². The van der Waals surface area contributed by atoms with Crippen LogP contribution in [0.5, 0.6) is 0 Å². The number of hydrogen-bond donors (Lipinski definition) is 1. The van der Waals surface area contributed by atoms with E-state index in [9.17, 15) is 13.2 Å². The Kier molecular flexibility index (Phi) is 11.3. The first-order valence-electron chi connectivity index (χ1n) is 9.64. The van der Waals surface area contributed by atoms with Crippen molar-refractivity contribution in [2.45, 2.75) is 65.7 Å². The summed E-state index contributed by atoms with van der Waals surface area (Å²) in [6.07, 6.45) is 13.2. The van der Waals surface area contributed by atoms with Gasteiger partial charge in [0.05, 0.1) is 5.92 Å². The van der Waals surface area contributed by atoms with Crippen LogP contribution in [-0.2, 0) is 28.4 Å². The highest BCUT2D eigenvalue weighted by molar-refractivity contribution is 7.81. The van der Waals surface area contributed by atoms with Crippen molar-refractivity contribution < 1.29 is 26.4 Å². The number of nitrogens with two attached hydrogens (primary N) is 1. The van der Waals surface area contributed by atoms with Gasteiger partial charge in [-0.1, -0.05) is 34.9 Å². The summed E-state index contributed by atoms with van der Waals surface area (Å²) in [5, 5.41) is 0. The predicted molar refractivity (Wildman–Crippen MR) is 108 cm³/mol. The minimum atomic E-state index is -4.20. The van der Waals surface area contributed by atoms with Gasteiger partial charge in [-0.2, -0.15) is 18.6 Å². The summed E-state index contributed by atoms with van der Waals surface area (Å²) >= 11 is 0. The van der Waals surface area contributed by atoms with Gasteiger partial charge < -0.3 is 4.74 Å². The number of allylic oxidation sites excluding steroid dienone is 6. The van der Waals surface area contributed by atoms with Crippen molar-refractivity contribution in [1.82, 2.24) is 0 Å². The largest absolute Gasteiger partial charge is 0.463 e. The van der Waals surface area contributed by atoms with E-state index in [0.717, 1.165) is 38.5 Å². The summed E-state index contributed by atoms with van der Waals surface area (Å²) in [5.41, 5.74) is 4.15. The number of ether oxygens (including phenoxy) is 1. The van der Waals surface area contributed by atoms with Crippen LogP contribution in [-0.4, -0.2) is 27.6 Å². The summed E-state index contributed by atoms with van der Waals surface area (Å²) in [5.74, 6) is 4.01. The maximum Gasteiger partial charge on any atom is 0.416 e. The van der Waals surface area contributed by atoms with E-state index in [4.69, 9.17) is 4.74 Å². The molecule has 0 radical (unpaired) electrons. The summed E-state index contributed by atoms with van der Waals surface area (Å²) in [6.45, 7) is 5.93. The minimum Gasteiger partial charge on any atom is -0.463 e. The Morgan fingerprint density at radius 3 is 2.57 bits per heavy atom. The van der Waals surface area contributed by atoms with Gasteiger partial charge in [0, 0.05) is 0 Å². The van der Waals surface area contributed by atoms with Crippen molar-refractivity contribution in [2.24, 2.45) is 11.8 Å². The van der Waals surface area contributed by atoms with Gasteiger partial charge in [-0.3, -0.25) is 4.79 Å². The van der Waals surface area contributed by atoms with E-state index < -0.39 is 10.4 Å². The van der Waals surface area contributed by atoms with E-state index in [1.807, 2.05) is 0 Å². The molecule has 0 amide bonds. The van der Waals surface area contributed by atoms with Gasteiger partial charge in [-0.15, -0.1) is 0 Å². The van der Waals surface area contributed by atoms with Crippen LogP contribution in [0.2, 0.25) is 0 Å². The molecule has 0 unspecified atom stereocenters. The molecule has 0 bridgehead atoms. The predicted octanol–water partition coefficient (Wildman–Crippen LogP) is 3.88. The van der Waals surface area contributed by atoms with Crippen molar-refractivity contribution in [2.75, 3.05) is 13.2 Å². The average Bonchev–Trinajstić information content (AvgIpc) is 2.65. The molecule has 1 aliphatic rings. The van der Waals surface area contributed by atoms with Crippen molar-refractivity contribution in [3.8, 4) is 0 Å². The van der Waals surface area contributed by atoms with Gasteiger partial charge in [-0.25, -0.2) is 4.18 Å². The average molecular weight is 416 g/mol. The monoisotopic (exact) mass is 415 g/mol. The highest BCUT2D eigenvalue weighted by atomic mass is 32.3. The standard InChI is InChI=1S/C20H33NO6S/c1-16(2)6-4-7-17(3)8-5-9-18-10-12-19(13-11-18)20(22)25-14-15-26-28(23,24)27-21/h6,8,10,19H,4-5,7,9,11-15,21H2,1-3H3/b17-8+/t19-/m1/s1. The molecule has 0 saturated heterocycles. The molecule has 0 aromatic rings. The van der Waals surface area contributed by atoms with E-state index in [1.165, 1.54) is 16.7 Å². The fourth-order valence-electron chi connectivity index (χ4n) is 2.95. The molecule has 1 aliphatic carbocycles. The third-order valence-electron chi connectivity index (χ3n) is 4.56. The lowest BCUT2D eigenvalue weighted by Gasteiger charge is -2.20. The molecule has 0 fully saturated rings. The van der Waals surface area contributed by atoms with E-state index in [2.05, 4.69) is 53.4 Å². The lowest BCUT2D eigenvalue weighted by molar-refractivity contribution is -0.149. The Morgan fingerprint density at radius 2 is 1.96 bits per heavy atom. The maximum absolute atomic E-state index is 12.0. The minimum absolute atomic E-state index is 0.161. The van der Waals surface area contributed by atoms with Crippen LogP contribution in [0, 0.1) is 5.92 Å². The van der Waals surface area contributed by atoms with Crippen molar-refractivity contribution in [3.05, 3.63) is 34.9 Å². The molecular weight excluding hydrogens is 382 g/mol. The summed E-state index contributed by atoms with van der Waals surface area (Å²) in [7, 11) is -4.20. The van der Waals surface area contributed by atoms with Gasteiger partial charge in [-0.05, 0) is 65.7 Å². The molecular formula is C20H33NO6S. The van der Waals surface area contributed by atoms with Crippen molar-refractivity contribution >= 4 is 16.4 Å². The maximum atomic E-state index is 12.0. The SMILES string of the molecule is CC(C)=CCC/C(C)=C/CCC1=CC[C@@H](C(=O)OCCOS(=O)(=O)ON)CC1. The molecule has 0 aliphatic heterocycles. The number of esters is 1. The normalized spacial score (nSPS) is 17.8. The van der Waals surface area contributed by atoms with Crippen LogP contribution in [0.4, 0.5) is 0 Å². The quantitative estimate of drug-likeness (QED) is 0.223. The fraction of sp³-hybridized carbons (Fsp3) is 0.650. The molecule has 1 atom stereocenters. The molecule has 8 heteroatoms. The second-order valence-corrected chi connectivity index (χ2v) is 8.48. The lowest BCUT2D eigenvalue weighted by atomic mass is 9.87. The van der Waals surface area contributed by atoms with E-state index >= 15 is 0 Å². The first-order chi connectivity index (χ1) is 13.2. The molecule has 0 aromatic carbocycles. The molecule has 28 heavy (non-hydrogen) atoms. The van der Waals surface area contributed by atoms with Crippen LogP contribution in [0.25, 0.3) is 0 Å². The first-order valence-corrected chi connectivity index (χ1v) is 11.0. The molecule has 1 rings (SSSR count). The van der Waals surface area contributed by atoms with Crippen molar-refractivity contribution in [3.63, 3.8) is 0 Å². The van der Waals surface area contributed by atoms with Gasteiger partial charge in [0.25, 0.3) is 0 Å². The molecule has 160 valence electrons. The Hall–Kier alpha value is -1.48. The zero-order valence-electron chi connectivity index (χ0n) is 17.1. The van der Waals surface area contributed by atoms with E-state index in [-0.39, 0.29) is 25.1 Å².